The van der Waals surface area contributed by atoms with Crippen LogP contribution in [0.4, 0.5) is 0 Å². The number of Topliss-reactive ketones (excluding diaryl/α,β-unsaturated/α-hetero) is 1. The zero-order valence-corrected chi connectivity index (χ0v) is 14.8. The van der Waals surface area contributed by atoms with Crippen LogP contribution in [0, 0.1) is 33.5 Å². The molecule has 4 aliphatic rings. The monoisotopic (exact) mass is 318 g/mol. The van der Waals surface area contributed by atoms with Crippen molar-refractivity contribution < 1.29 is 14.7 Å². The van der Waals surface area contributed by atoms with Crippen LogP contribution in [-0.2, 0) is 9.59 Å². The summed E-state index contributed by atoms with van der Waals surface area (Å²) in [5.41, 5.74) is -0.357. The molecule has 4 aliphatic carbocycles. The molecule has 1 spiro atoms. The Morgan fingerprint density at radius 1 is 1.04 bits per heavy atom. The van der Waals surface area contributed by atoms with E-state index in [1.54, 1.807) is 0 Å². The van der Waals surface area contributed by atoms with Gasteiger partial charge in [0.25, 0.3) is 0 Å². The van der Waals surface area contributed by atoms with Gasteiger partial charge >= 0.3 is 5.97 Å². The van der Waals surface area contributed by atoms with Crippen LogP contribution in [0.3, 0.4) is 0 Å². The molecule has 23 heavy (non-hydrogen) atoms. The maximum absolute atomic E-state index is 12.6. The van der Waals surface area contributed by atoms with Gasteiger partial charge in [-0.05, 0) is 74.5 Å². The molecule has 0 radical (unpaired) electrons. The summed E-state index contributed by atoms with van der Waals surface area (Å²) in [5, 5.41) is 9.91. The number of rotatable bonds is 1. The van der Waals surface area contributed by atoms with Gasteiger partial charge in [0, 0.05) is 11.8 Å². The number of fused-ring (bicyclic) bond motifs is 3. The van der Waals surface area contributed by atoms with Gasteiger partial charge in [-0.2, -0.15) is 0 Å². The number of aliphatic carboxylic acids is 1. The van der Waals surface area contributed by atoms with Crippen molar-refractivity contribution in [3.63, 3.8) is 0 Å². The Labute approximate surface area is 139 Å². The molecule has 0 unspecified atom stereocenters. The number of hydrogen-bond acceptors (Lipinski definition) is 2. The summed E-state index contributed by atoms with van der Waals surface area (Å²) in [5.74, 6) is 0.704. The van der Waals surface area contributed by atoms with E-state index in [-0.39, 0.29) is 22.2 Å². The molecule has 2 bridgehead atoms. The second kappa shape index (κ2) is 4.40. The predicted molar refractivity (Wildman–Crippen MR) is 87.9 cm³/mol. The highest BCUT2D eigenvalue weighted by Crippen LogP contribution is 2.72. The summed E-state index contributed by atoms with van der Waals surface area (Å²) in [6.45, 7) is 6.54. The predicted octanol–water partition coefficient (Wildman–Crippen LogP) is 4.44. The lowest BCUT2D eigenvalue weighted by Crippen LogP contribution is -2.58. The lowest BCUT2D eigenvalue weighted by molar-refractivity contribution is -0.182. The van der Waals surface area contributed by atoms with Gasteiger partial charge in [0.1, 0.15) is 5.78 Å². The summed E-state index contributed by atoms with van der Waals surface area (Å²) in [4.78, 5) is 24.7. The molecule has 0 aromatic carbocycles. The van der Waals surface area contributed by atoms with Crippen LogP contribution in [0.15, 0.2) is 0 Å². The van der Waals surface area contributed by atoms with Gasteiger partial charge in [0.2, 0.25) is 0 Å². The number of carbonyl (C=O) groups is 2. The summed E-state index contributed by atoms with van der Waals surface area (Å²) >= 11 is 0. The SMILES string of the molecule is C[C@]12CC[C@@H]3[C@](CC[C@H]4[C@@]3(C)CCC[C@@]4(C)C(=O)O)(CC1=O)C2. The van der Waals surface area contributed by atoms with E-state index in [4.69, 9.17) is 0 Å². The Morgan fingerprint density at radius 3 is 2.43 bits per heavy atom. The lowest BCUT2D eigenvalue weighted by Gasteiger charge is -2.63. The second-order valence-electron chi connectivity index (χ2n) is 9.96. The average Bonchev–Trinajstić information content (AvgIpc) is 2.63. The Hall–Kier alpha value is -0.860. The molecule has 0 aromatic heterocycles. The molecular formula is C20H30O3. The van der Waals surface area contributed by atoms with Crippen molar-refractivity contribution in [2.75, 3.05) is 0 Å². The summed E-state index contributed by atoms with van der Waals surface area (Å²) in [6, 6.07) is 0. The fourth-order valence-electron chi connectivity index (χ4n) is 7.76. The highest BCUT2D eigenvalue weighted by molar-refractivity contribution is 5.88. The third-order valence-corrected chi connectivity index (χ3v) is 8.84. The molecule has 1 N–H and O–H groups in total. The topological polar surface area (TPSA) is 54.4 Å². The normalized spacial score (nSPS) is 55.2. The molecular weight excluding hydrogens is 288 g/mol. The van der Waals surface area contributed by atoms with E-state index in [9.17, 15) is 14.7 Å². The van der Waals surface area contributed by atoms with Crippen molar-refractivity contribution in [3.8, 4) is 0 Å². The zero-order chi connectivity index (χ0) is 16.7. The lowest BCUT2D eigenvalue weighted by atomic mass is 9.40. The fraction of sp³-hybridized carbons (Fsp3) is 0.900. The van der Waals surface area contributed by atoms with Gasteiger partial charge < -0.3 is 5.11 Å². The Bertz CT molecular complexity index is 583. The molecule has 0 aromatic rings. The molecule has 0 saturated heterocycles. The van der Waals surface area contributed by atoms with Crippen LogP contribution < -0.4 is 0 Å². The molecule has 128 valence electrons. The van der Waals surface area contributed by atoms with E-state index in [0.717, 1.165) is 57.8 Å². The fourth-order valence-corrected chi connectivity index (χ4v) is 7.76. The second-order valence-corrected chi connectivity index (χ2v) is 9.96. The van der Waals surface area contributed by atoms with Crippen LogP contribution in [0.1, 0.15) is 78.6 Å². The van der Waals surface area contributed by atoms with Gasteiger partial charge in [-0.1, -0.05) is 20.3 Å². The molecule has 4 fully saturated rings. The molecule has 4 saturated carbocycles. The van der Waals surface area contributed by atoms with E-state index < -0.39 is 11.4 Å². The minimum atomic E-state index is -0.604. The smallest absolute Gasteiger partial charge is 0.309 e. The van der Waals surface area contributed by atoms with Gasteiger partial charge in [-0.15, -0.1) is 0 Å². The summed E-state index contributed by atoms with van der Waals surface area (Å²) in [7, 11) is 0. The van der Waals surface area contributed by atoms with Crippen molar-refractivity contribution in [2.24, 2.45) is 33.5 Å². The van der Waals surface area contributed by atoms with E-state index in [2.05, 4.69) is 13.8 Å². The summed E-state index contributed by atoms with van der Waals surface area (Å²) < 4.78 is 0. The minimum Gasteiger partial charge on any atom is -0.481 e. The first-order chi connectivity index (χ1) is 10.7. The highest BCUT2D eigenvalue weighted by atomic mass is 16.4. The van der Waals surface area contributed by atoms with Gasteiger partial charge in [0.05, 0.1) is 5.41 Å². The first kappa shape index (κ1) is 15.7. The molecule has 0 aliphatic heterocycles. The number of carbonyl (C=O) groups excluding carboxylic acids is 1. The van der Waals surface area contributed by atoms with Crippen LogP contribution in [0.5, 0.6) is 0 Å². The summed E-state index contributed by atoms with van der Waals surface area (Å²) in [6.07, 6.45) is 9.04. The van der Waals surface area contributed by atoms with Crippen molar-refractivity contribution >= 4 is 11.8 Å². The Balaban J connectivity index is 1.76. The number of carboxylic acid groups (broad SMARTS) is 1. The first-order valence-corrected chi connectivity index (χ1v) is 9.43. The molecule has 3 nitrogen and oxygen atoms in total. The highest BCUT2D eigenvalue weighted by Gasteiger charge is 2.68. The van der Waals surface area contributed by atoms with Gasteiger partial charge in [-0.25, -0.2) is 0 Å². The number of carboxylic acids is 1. The molecule has 0 amide bonds. The molecule has 0 heterocycles. The van der Waals surface area contributed by atoms with Crippen LogP contribution in [0.25, 0.3) is 0 Å². The third kappa shape index (κ3) is 1.77. The third-order valence-electron chi connectivity index (χ3n) is 8.84. The maximum atomic E-state index is 12.6. The van der Waals surface area contributed by atoms with E-state index in [0.29, 0.717) is 11.7 Å². The average molecular weight is 318 g/mol. The van der Waals surface area contributed by atoms with Gasteiger partial charge in [-0.3, -0.25) is 9.59 Å². The zero-order valence-electron chi connectivity index (χ0n) is 14.8. The van der Waals surface area contributed by atoms with Crippen LogP contribution >= 0.6 is 0 Å². The maximum Gasteiger partial charge on any atom is 0.309 e. The number of ketones is 1. The molecule has 6 atom stereocenters. The minimum absolute atomic E-state index is 0.0789. The van der Waals surface area contributed by atoms with Crippen molar-refractivity contribution in [1.82, 2.24) is 0 Å². The van der Waals surface area contributed by atoms with Crippen LogP contribution in [0.2, 0.25) is 0 Å². The quantitative estimate of drug-likeness (QED) is 0.777. The van der Waals surface area contributed by atoms with E-state index >= 15 is 0 Å². The van der Waals surface area contributed by atoms with E-state index in [1.807, 2.05) is 6.92 Å². The molecule has 4 rings (SSSR count). The Kier molecular flexibility index (Phi) is 3.00. The Morgan fingerprint density at radius 2 is 1.74 bits per heavy atom. The number of hydrogen-bond donors (Lipinski definition) is 1. The standard InChI is InChI=1S/C20H30O3/c1-17-9-5-14-18(2)7-4-8-19(3,16(22)23)13(18)6-10-20(14,12-17)11-15(17)21/h13-14H,4-12H2,1-3H3,(H,22,23)/t13-,14-,17+,18+,19+,20+/m0/s1. The largest absolute Gasteiger partial charge is 0.481 e. The van der Waals surface area contributed by atoms with Gasteiger partial charge in [0.15, 0.2) is 0 Å². The van der Waals surface area contributed by atoms with Crippen molar-refractivity contribution in [3.05, 3.63) is 0 Å². The molecule has 3 heteroatoms. The first-order valence-electron chi connectivity index (χ1n) is 9.43. The van der Waals surface area contributed by atoms with Crippen molar-refractivity contribution in [2.45, 2.75) is 78.6 Å². The van der Waals surface area contributed by atoms with Crippen LogP contribution in [-0.4, -0.2) is 16.9 Å². The van der Waals surface area contributed by atoms with E-state index in [1.165, 1.54) is 0 Å². The van der Waals surface area contributed by atoms with Crippen molar-refractivity contribution in [1.29, 1.82) is 0 Å².